The van der Waals surface area contributed by atoms with Gasteiger partial charge in [-0.2, -0.15) is 0 Å². The van der Waals surface area contributed by atoms with E-state index in [0.717, 1.165) is 32.4 Å². The van der Waals surface area contributed by atoms with Gasteiger partial charge in [0.1, 0.15) is 18.1 Å². The summed E-state index contributed by atoms with van der Waals surface area (Å²) < 4.78 is 21.6. The van der Waals surface area contributed by atoms with Gasteiger partial charge in [0.2, 0.25) is 0 Å². The number of carbonyl (C=O) groups is 2. The predicted octanol–water partition coefficient (Wildman–Crippen LogP) is 2.44. The molecule has 0 unspecified atom stereocenters. The van der Waals surface area contributed by atoms with Crippen LogP contribution in [0.15, 0.2) is 12.2 Å². The highest BCUT2D eigenvalue weighted by molar-refractivity contribution is 7.91. The average molecular weight is 388 g/mol. The van der Waals surface area contributed by atoms with Crippen molar-refractivity contribution in [2.24, 2.45) is 0 Å². The topological polar surface area (TPSA) is 78.9 Å². The van der Waals surface area contributed by atoms with Gasteiger partial charge in [0.25, 0.3) is 0 Å². The third-order valence-corrected chi connectivity index (χ3v) is 5.59. The van der Waals surface area contributed by atoms with E-state index >= 15 is 0 Å². The van der Waals surface area contributed by atoms with Crippen LogP contribution in [-0.4, -0.2) is 65.7 Å². The summed E-state index contributed by atoms with van der Waals surface area (Å²) in [6.45, 7) is 8.57. The lowest BCUT2D eigenvalue weighted by Gasteiger charge is -2.27. The van der Waals surface area contributed by atoms with E-state index in [2.05, 4.69) is 18.4 Å². The summed E-state index contributed by atoms with van der Waals surface area (Å²) >= 11 is -0.711. The number of esters is 2. The largest absolute Gasteiger partial charge is 0.616 e. The summed E-state index contributed by atoms with van der Waals surface area (Å²) in [4.78, 5) is 25.7. The number of unbranched alkanes of at least 4 members (excludes halogenated alkanes) is 5. The Morgan fingerprint density at radius 3 is 2.38 bits per heavy atom. The molecule has 1 rings (SSSR count). The smallest absolute Gasteiger partial charge is 0.334 e. The molecule has 0 aromatic heterocycles. The number of ether oxygens (including phenoxy) is 2. The van der Waals surface area contributed by atoms with Crippen LogP contribution in [-0.2, 0) is 30.2 Å². The molecule has 1 heterocycles. The molecule has 0 spiro atoms. The van der Waals surface area contributed by atoms with Gasteiger partial charge in [-0.3, -0.25) is 9.69 Å². The molecule has 1 saturated heterocycles. The third kappa shape index (κ3) is 10.8. The van der Waals surface area contributed by atoms with Crippen molar-refractivity contribution in [3.05, 3.63) is 12.2 Å². The van der Waals surface area contributed by atoms with E-state index in [9.17, 15) is 14.1 Å². The normalized spacial score (nSPS) is 15.6. The van der Waals surface area contributed by atoms with Crippen LogP contribution in [0.4, 0.5) is 0 Å². The Labute approximate surface area is 160 Å². The van der Waals surface area contributed by atoms with E-state index < -0.39 is 23.1 Å². The number of carbonyl (C=O) groups excluding carboxylic acids is 2. The highest BCUT2D eigenvalue weighted by atomic mass is 32.2. The zero-order valence-electron chi connectivity index (χ0n) is 16.0. The van der Waals surface area contributed by atoms with Crippen LogP contribution in [0.25, 0.3) is 0 Å². The summed E-state index contributed by atoms with van der Waals surface area (Å²) in [6.07, 6.45) is 6.63. The van der Waals surface area contributed by atoms with Crippen LogP contribution >= 0.6 is 0 Å². The molecule has 0 atom stereocenters. The van der Waals surface area contributed by atoms with E-state index in [4.69, 9.17) is 9.47 Å². The van der Waals surface area contributed by atoms with Crippen LogP contribution in [0, 0.1) is 0 Å². The maximum Gasteiger partial charge on any atom is 0.334 e. The molecule has 1 fully saturated rings. The van der Waals surface area contributed by atoms with Gasteiger partial charge in [-0.25, -0.2) is 4.79 Å². The first kappa shape index (κ1) is 23.0. The molecule has 6 nitrogen and oxygen atoms in total. The lowest BCUT2D eigenvalue weighted by Crippen LogP contribution is -2.41. The molecule has 26 heavy (non-hydrogen) atoms. The van der Waals surface area contributed by atoms with Crippen molar-refractivity contribution >= 4 is 23.1 Å². The van der Waals surface area contributed by atoms with Crippen LogP contribution in [0.5, 0.6) is 0 Å². The lowest BCUT2D eigenvalue weighted by atomic mass is 10.1. The van der Waals surface area contributed by atoms with Gasteiger partial charge in [0, 0.05) is 25.2 Å². The number of nitrogens with zero attached hydrogens (tertiary/aromatic N) is 1. The Balaban J connectivity index is 2.04. The summed E-state index contributed by atoms with van der Waals surface area (Å²) in [6, 6.07) is 0. The first-order valence-electron chi connectivity index (χ1n) is 9.60. The Bertz CT molecular complexity index is 436. The third-order valence-electron chi connectivity index (χ3n) is 4.32. The van der Waals surface area contributed by atoms with Crippen molar-refractivity contribution in [3.63, 3.8) is 0 Å². The highest BCUT2D eigenvalue weighted by Gasteiger charge is 2.20. The fourth-order valence-electron chi connectivity index (χ4n) is 2.63. The SMILES string of the molecule is C=C(CC(=O)OCCCCCCCC)C(=O)OCCN1CC[S+]([O-])CC1. The molecule has 0 aliphatic carbocycles. The van der Waals surface area contributed by atoms with E-state index in [0.29, 0.717) is 24.7 Å². The maximum atomic E-state index is 11.9. The molecule has 1 aliphatic rings. The molecule has 0 saturated carbocycles. The quantitative estimate of drug-likeness (QED) is 0.209. The molecule has 0 amide bonds. The fraction of sp³-hybridized carbons (Fsp3) is 0.789. The Morgan fingerprint density at radius 1 is 1.04 bits per heavy atom. The Hall–Kier alpha value is -1.05. The lowest BCUT2D eigenvalue weighted by molar-refractivity contribution is -0.146. The van der Waals surface area contributed by atoms with Gasteiger partial charge in [0.05, 0.1) is 13.0 Å². The van der Waals surface area contributed by atoms with Gasteiger partial charge >= 0.3 is 11.9 Å². The van der Waals surface area contributed by atoms with Crippen LogP contribution in [0.1, 0.15) is 51.9 Å². The molecule has 0 bridgehead atoms. The molecule has 7 heteroatoms. The fourth-order valence-corrected chi connectivity index (χ4v) is 3.76. The minimum absolute atomic E-state index is 0.123. The second kappa shape index (κ2) is 14.1. The molecular formula is C19H33NO5S. The van der Waals surface area contributed by atoms with Crippen molar-refractivity contribution in [2.45, 2.75) is 51.9 Å². The standard InChI is InChI=1S/C19H33NO5S/c1-3-4-5-6-7-8-12-24-18(21)16-17(2)19(22)25-13-9-20-10-14-26(23)15-11-20/h2-16H2,1H3. The van der Waals surface area contributed by atoms with E-state index in [1.807, 2.05) is 0 Å². The Kier molecular flexibility index (Phi) is 12.4. The van der Waals surface area contributed by atoms with Crippen LogP contribution in [0.2, 0.25) is 0 Å². The van der Waals surface area contributed by atoms with Crippen molar-refractivity contribution in [1.82, 2.24) is 4.90 Å². The van der Waals surface area contributed by atoms with E-state index in [1.54, 1.807) is 0 Å². The van der Waals surface area contributed by atoms with Crippen LogP contribution < -0.4 is 0 Å². The van der Waals surface area contributed by atoms with Gasteiger partial charge < -0.3 is 14.0 Å². The number of hydrogen-bond donors (Lipinski definition) is 0. The summed E-state index contributed by atoms with van der Waals surface area (Å²) in [7, 11) is 0. The minimum atomic E-state index is -0.711. The molecule has 0 aromatic carbocycles. The number of rotatable bonds is 13. The Morgan fingerprint density at radius 2 is 1.69 bits per heavy atom. The summed E-state index contributed by atoms with van der Waals surface area (Å²) in [5, 5.41) is 0. The summed E-state index contributed by atoms with van der Waals surface area (Å²) in [5.41, 5.74) is 0.123. The van der Waals surface area contributed by atoms with Crippen molar-refractivity contribution in [2.75, 3.05) is 44.4 Å². The monoisotopic (exact) mass is 387 g/mol. The zero-order valence-corrected chi connectivity index (χ0v) is 16.8. The van der Waals surface area contributed by atoms with Crippen molar-refractivity contribution in [3.8, 4) is 0 Å². The average Bonchev–Trinajstić information content (AvgIpc) is 2.62. The highest BCUT2D eigenvalue weighted by Crippen LogP contribution is 2.08. The number of hydrogen-bond acceptors (Lipinski definition) is 6. The first-order chi connectivity index (χ1) is 12.5. The van der Waals surface area contributed by atoms with Crippen LogP contribution in [0.3, 0.4) is 0 Å². The van der Waals surface area contributed by atoms with Gasteiger partial charge in [-0.15, -0.1) is 0 Å². The summed E-state index contributed by atoms with van der Waals surface area (Å²) in [5.74, 6) is 0.358. The predicted molar refractivity (Wildman–Crippen MR) is 103 cm³/mol. The molecule has 0 aromatic rings. The molecule has 150 valence electrons. The van der Waals surface area contributed by atoms with Gasteiger partial charge in [0.15, 0.2) is 0 Å². The van der Waals surface area contributed by atoms with E-state index in [-0.39, 0.29) is 18.6 Å². The maximum absolute atomic E-state index is 11.9. The molecule has 0 N–H and O–H groups in total. The first-order valence-corrected chi connectivity index (χ1v) is 11.1. The second-order valence-corrected chi connectivity index (χ2v) is 8.29. The van der Waals surface area contributed by atoms with Gasteiger partial charge in [-0.1, -0.05) is 56.8 Å². The zero-order chi connectivity index (χ0) is 19.2. The molecule has 1 aliphatic heterocycles. The van der Waals surface area contributed by atoms with E-state index in [1.165, 1.54) is 19.3 Å². The molecular weight excluding hydrogens is 354 g/mol. The molecule has 0 radical (unpaired) electrons. The van der Waals surface area contributed by atoms with Crippen molar-refractivity contribution in [1.29, 1.82) is 0 Å². The van der Waals surface area contributed by atoms with Gasteiger partial charge in [-0.05, 0) is 6.42 Å². The van der Waals surface area contributed by atoms with Crippen molar-refractivity contribution < 1.29 is 23.6 Å². The minimum Gasteiger partial charge on any atom is -0.616 e. The second-order valence-electron chi connectivity index (χ2n) is 6.59.